The lowest BCUT2D eigenvalue weighted by Gasteiger charge is -2.15. The smallest absolute Gasteiger partial charge is 0.230 e. The molecule has 9 heteroatoms. The van der Waals surface area contributed by atoms with Crippen molar-refractivity contribution in [2.45, 2.75) is 3.79 Å². The molecule has 4 N–H and O–H groups in total. The van der Waals surface area contributed by atoms with Crippen LogP contribution in [-0.4, -0.2) is 64.5 Å². The summed E-state index contributed by atoms with van der Waals surface area (Å²) in [7, 11) is 0. The molecule has 0 saturated carbocycles. The Balaban J connectivity index is 0. The average molecular weight is 313 g/mol. The van der Waals surface area contributed by atoms with E-state index in [0.29, 0.717) is 19.6 Å². The molecule has 0 spiro atoms. The molecule has 6 nitrogen and oxygen atoms in total. The van der Waals surface area contributed by atoms with Gasteiger partial charge in [-0.2, -0.15) is 0 Å². The number of aliphatic carboxylic acids is 1. The molecular weight excluding hydrogens is 296 g/mol. The molecule has 0 unspecified atom stereocenters. The number of quaternary nitrogens is 1. The minimum Gasteiger partial charge on any atom is -0.545 e. The number of aliphatic hydroxyl groups excluding tert-OH is 3. The highest BCUT2D eigenvalue weighted by Crippen LogP contribution is 2.24. The lowest BCUT2D eigenvalue weighted by Crippen LogP contribution is -3.13. The van der Waals surface area contributed by atoms with Crippen molar-refractivity contribution in [1.82, 2.24) is 0 Å². The number of carboxylic acids is 1. The second-order valence-corrected chi connectivity index (χ2v) is 5.24. The van der Waals surface area contributed by atoms with Crippen LogP contribution in [0.15, 0.2) is 0 Å². The molecule has 0 amide bonds. The normalized spacial score (nSPS) is 11.0. The highest BCUT2D eigenvalue weighted by molar-refractivity contribution is 6.75. The Morgan fingerprint density at radius 1 is 1.00 bits per heavy atom. The second kappa shape index (κ2) is 11.3. The fourth-order valence-electron chi connectivity index (χ4n) is 0.849. The number of nitrogens with one attached hydrogen (secondary N) is 1. The largest absolute Gasteiger partial charge is 0.545 e. The van der Waals surface area contributed by atoms with Gasteiger partial charge in [-0.1, -0.05) is 34.8 Å². The Kier molecular flexibility index (Phi) is 13.0. The van der Waals surface area contributed by atoms with Crippen molar-refractivity contribution in [3.63, 3.8) is 0 Å². The van der Waals surface area contributed by atoms with E-state index in [1.54, 1.807) is 0 Å². The molecule has 0 aliphatic heterocycles. The van der Waals surface area contributed by atoms with Gasteiger partial charge in [0, 0.05) is 0 Å². The third kappa shape index (κ3) is 14.1. The van der Waals surface area contributed by atoms with Crippen molar-refractivity contribution < 1.29 is 30.1 Å². The quantitative estimate of drug-likeness (QED) is 0.390. The number of carboxylic acid groups (broad SMARTS) is 1. The van der Waals surface area contributed by atoms with Gasteiger partial charge in [0.1, 0.15) is 19.6 Å². The monoisotopic (exact) mass is 311 g/mol. The number of aliphatic hydroxyl groups is 3. The fourth-order valence-corrected chi connectivity index (χ4v) is 0.849. The number of hydrogen-bond donors (Lipinski definition) is 4. The first-order valence-corrected chi connectivity index (χ1v) is 5.87. The summed E-state index contributed by atoms with van der Waals surface area (Å²) in [6.07, 6.45) is 0. The van der Waals surface area contributed by atoms with Crippen molar-refractivity contribution in [3.05, 3.63) is 0 Å². The average Bonchev–Trinajstić information content (AvgIpc) is 2.18. The maximum Gasteiger partial charge on any atom is 0.230 e. The highest BCUT2D eigenvalue weighted by atomic mass is 35.6. The summed E-state index contributed by atoms with van der Waals surface area (Å²) in [5.41, 5.74) is 0. The van der Waals surface area contributed by atoms with E-state index in [1.807, 2.05) is 0 Å². The van der Waals surface area contributed by atoms with Crippen LogP contribution in [0.2, 0.25) is 0 Å². The van der Waals surface area contributed by atoms with Crippen LogP contribution in [-0.2, 0) is 4.79 Å². The van der Waals surface area contributed by atoms with Gasteiger partial charge >= 0.3 is 0 Å². The first-order chi connectivity index (χ1) is 7.79. The SMILES string of the molecule is O=C([O-])C(Cl)(Cl)Cl.OCC[NH+](CCO)CCO. The number of rotatable bonds is 6. The van der Waals surface area contributed by atoms with Crippen LogP contribution in [0.25, 0.3) is 0 Å². The van der Waals surface area contributed by atoms with Gasteiger partial charge in [0.25, 0.3) is 0 Å². The molecule has 0 aromatic carbocycles. The Morgan fingerprint density at radius 3 is 1.35 bits per heavy atom. The summed E-state index contributed by atoms with van der Waals surface area (Å²) in [5, 5.41) is 35.0. The Labute approximate surface area is 114 Å². The summed E-state index contributed by atoms with van der Waals surface area (Å²) in [6, 6.07) is 0. The van der Waals surface area contributed by atoms with Gasteiger partial charge in [-0.05, 0) is 0 Å². The van der Waals surface area contributed by atoms with Crippen LogP contribution in [0.5, 0.6) is 0 Å². The standard InChI is InChI=1S/C6H15NO3.C2HCl3O2/c8-4-1-7(2-5-9)3-6-10;3-2(4,5)1(6)7/h8-10H,1-6H2;(H,6,7). The Morgan fingerprint density at radius 2 is 1.24 bits per heavy atom. The van der Waals surface area contributed by atoms with E-state index < -0.39 is 9.76 Å². The highest BCUT2D eigenvalue weighted by Gasteiger charge is 2.20. The fraction of sp³-hybridized carbons (Fsp3) is 0.875. The summed E-state index contributed by atoms with van der Waals surface area (Å²) in [4.78, 5) is 10.5. The lowest BCUT2D eigenvalue weighted by atomic mass is 10.4. The lowest BCUT2D eigenvalue weighted by molar-refractivity contribution is -0.901. The van der Waals surface area contributed by atoms with Gasteiger partial charge in [-0.25, -0.2) is 0 Å². The predicted octanol–water partition coefficient (Wildman–Crippen LogP) is -3.05. The molecule has 0 aromatic rings. The minimum atomic E-state index is -2.28. The van der Waals surface area contributed by atoms with Crippen molar-refractivity contribution >= 4 is 40.8 Å². The molecule has 0 aliphatic rings. The summed E-state index contributed by atoms with van der Waals surface area (Å²) < 4.78 is -2.28. The zero-order valence-corrected chi connectivity index (χ0v) is 11.3. The molecular formula is C8H16Cl3NO5. The maximum atomic E-state index is 9.51. The van der Waals surface area contributed by atoms with E-state index in [2.05, 4.69) is 0 Å². The molecule has 0 aliphatic carbocycles. The van der Waals surface area contributed by atoms with Crippen LogP contribution < -0.4 is 10.0 Å². The topological polar surface area (TPSA) is 105 Å². The molecule has 17 heavy (non-hydrogen) atoms. The molecule has 0 fully saturated rings. The van der Waals surface area contributed by atoms with E-state index in [-0.39, 0.29) is 19.8 Å². The van der Waals surface area contributed by atoms with Gasteiger partial charge in [0.15, 0.2) is 0 Å². The number of carbonyl (C=O) groups is 1. The molecule has 0 heterocycles. The Hall–Kier alpha value is 0.180. The van der Waals surface area contributed by atoms with Crippen molar-refractivity contribution in [3.8, 4) is 0 Å². The number of halogens is 3. The van der Waals surface area contributed by atoms with Crippen molar-refractivity contribution in [2.24, 2.45) is 0 Å². The van der Waals surface area contributed by atoms with Crippen molar-refractivity contribution in [2.75, 3.05) is 39.5 Å². The van der Waals surface area contributed by atoms with Gasteiger partial charge < -0.3 is 30.1 Å². The van der Waals surface area contributed by atoms with E-state index >= 15 is 0 Å². The molecule has 0 rings (SSSR count). The Bertz CT molecular complexity index is 186. The van der Waals surface area contributed by atoms with Gasteiger partial charge in [0.05, 0.1) is 25.8 Å². The zero-order valence-electron chi connectivity index (χ0n) is 9.03. The molecule has 0 radical (unpaired) electrons. The second-order valence-electron chi connectivity index (χ2n) is 2.96. The van der Waals surface area contributed by atoms with Crippen LogP contribution >= 0.6 is 34.8 Å². The summed E-state index contributed by atoms with van der Waals surface area (Å²) >= 11 is 14.2. The molecule has 104 valence electrons. The third-order valence-corrected chi connectivity index (χ3v) is 2.09. The molecule has 0 aromatic heterocycles. The van der Waals surface area contributed by atoms with Crippen LogP contribution in [0.1, 0.15) is 0 Å². The van der Waals surface area contributed by atoms with E-state index in [9.17, 15) is 9.90 Å². The maximum absolute atomic E-state index is 9.51. The molecule has 0 saturated heterocycles. The van der Waals surface area contributed by atoms with E-state index in [4.69, 9.17) is 50.1 Å². The van der Waals surface area contributed by atoms with Crippen LogP contribution in [0.4, 0.5) is 0 Å². The number of carbonyl (C=O) groups excluding carboxylic acids is 1. The zero-order chi connectivity index (χ0) is 13.9. The molecule has 0 bridgehead atoms. The minimum absolute atomic E-state index is 0.106. The van der Waals surface area contributed by atoms with Gasteiger partial charge in [-0.15, -0.1) is 0 Å². The number of alkyl halides is 3. The third-order valence-electron chi connectivity index (χ3n) is 1.63. The van der Waals surface area contributed by atoms with Crippen LogP contribution in [0.3, 0.4) is 0 Å². The van der Waals surface area contributed by atoms with Crippen molar-refractivity contribution in [1.29, 1.82) is 0 Å². The van der Waals surface area contributed by atoms with Gasteiger partial charge in [-0.3, -0.25) is 0 Å². The van der Waals surface area contributed by atoms with E-state index in [1.165, 1.54) is 0 Å². The molecule has 0 atom stereocenters. The first-order valence-electron chi connectivity index (χ1n) is 4.73. The van der Waals surface area contributed by atoms with E-state index in [0.717, 1.165) is 4.90 Å². The first kappa shape index (κ1) is 19.5. The predicted molar refractivity (Wildman–Crippen MR) is 62.1 cm³/mol. The summed E-state index contributed by atoms with van der Waals surface area (Å²) in [6.45, 7) is 2.11. The van der Waals surface area contributed by atoms with Gasteiger partial charge in [0.2, 0.25) is 3.79 Å². The number of hydrogen-bond acceptors (Lipinski definition) is 5. The summed E-state index contributed by atoms with van der Waals surface area (Å²) in [5.74, 6) is -1.71. The van der Waals surface area contributed by atoms with Crippen LogP contribution in [0, 0.1) is 0 Å².